The molecule has 0 aromatic heterocycles. The first-order chi connectivity index (χ1) is 10.6. The smallest absolute Gasteiger partial charge is 0.231 e. The Balaban J connectivity index is 1.74. The molecule has 0 fully saturated rings. The minimum Gasteiger partial charge on any atom is -0.508 e. The van der Waals surface area contributed by atoms with Gasteiger partial charge in [-0.1, -0.05) is 12.1 Å². The number of aromatic hydroxyl groups is 1. The summed E-state index contributed by atoms with van der Waals surface area (Å²) in [6.45, 7) is 3.44. The molecule has 114 valence electrons. The summed E-state index contributed by atoms with van der Waals surface area (Å²) < 4.78 is 11.0. The maximum Gasteiger partial charge on any atom is 0.231 e. The normalized spacial score (nSPS) is 22.4. The summed E-state index contributed by atoms with van der Waals surface area (Å²) >= 11 is 0. The molecule has 0 spiro atoms. The maximum absolute atomic E-state index is 9.69. The van der Waals surface area contributed by atoms with E-state index in [2.05, 4.69) is 24.4 Å². The molecule has 0 saturated heterocycles. The van der Waals surface area contributed by atoms with Crippen LogP contribution in [0.1, 0.15) is 23.6 Å². The molecule has 2 aromatic carbocycles. The van der Waals surface area contributed by atoms with Gasteiger partial charge in [0.15, 0.2) is 11.5 Å². The standard InChI is InChI=1S/C18H19NO3/c1-18(10-12-3-2-4-14(20)7-12)15-9-17-16(21-11-22-17)8-13(15)5-6-19-18/h2-4,7-9,19-20H,5-6,10-11H2,1H3/t18-/m0/s1. The Morgan fingerprint density at radius 1 is 1.18 bits per heavy atom. The van der Waals surface area contributed by atoms with E-state index >= 15 is 0 Å². The van der Waals surface area contributed by atoms with E-state index < -0.39 is 0 Å². The average molecular weight is 297 g/mol. The molecule has 4 nitrogen and oxygen atoms in total. The average Bonchev–Trinajstić information content (AvgIpc) is 2.93. The second-order valence-corrected chi connectivity index (χ2v) is 6.22. The fraction of sp³-hybridized carbons (Fsp3) is 0.333. The zero-order valence-corrected chi connectivity index (χ0v) is 12.6. The van der Waals surface area contributed by atoms with Crippen molar-refractivity contribution in [2.45, 2.75) is 25.3 Å². The van der Waals surface area contributed by atoms with E-state index in [0.29, 0.717) is 12.5 Å². The Morgan fingerprint density at radius 2 is 2.00 bits per heavy atom. The van der Waals surface area contributed by atoms with Crippen LogP contribution < -0.4 is 14.8 Å². The monoisotopic (exact) mass is 297 g/mol. The highest BCUT2D eigenvalue weighted by Crippen LogP contribution is 2.41. The van der Waals surface area contributed by atoms with Crippen LogP contribution in [0.5, 0.6) is 17.2 Å². The summed E-state index contributed by atoms with van der Waals surface area (Å²) in [4.78, 5) is 0. The van der Waals surface area contributed by atoms with Crippen LogP contribution in [-0.4, -0.2) is 18.4 Å². The number of rotatable bonds is 2. The molecule has 0 unspecified atom stereocenters. The Hall–Kier alpha value is -2.20. The number of hydrogen-bond acceptors (Lipinski definition) is 4. The van der Waals surface area contributed by atoms with Crippen LogP contribution in [0.3, 0.4) is 0 Å². The van der Waals surface area contributed by atoms with Gasteiger partial charge in [0.05, 0.1) is 0 Å². The molecule has 0 bridgehead atoms. The van der Waals surface area contributed by atoms with E-state index in [4.69, 9.17) is 9.47 Å². The largest absolute Gasteiger partial charge is 0.508 e. The lowest BCUT2D eigenvalue weighted by Gasteiger charge is -2.37. The molecule has 0 radical (unpaired) electrons. The molecular formula is C18H19NO3. The molecule has 2 aliphatic rings. The summed E-state index contributed by atoms with van der Waals surface area (Å²) in [5.74, 6) is 1.98. The molecular weight excluding hydrogens is 278 g/mol. The van der Waals surface area contributed by atoms with E-state index in [-0.39, 0.29) is 5.54 Å². The second kappa shape index (κ2) is 4.92. The first-order valence-electron chi connectivity index (χ1n) is 7.60. The van der Waals surface area contributed by atoms with E-state index in [1.54, 1.807) is 6.07 Å². The van der Waals surface area contributed by atoms with Gasteiger partial charge in [-0.15, -0.1) is 0 Å². The van der Waals surface area contributed by atoms with Gasteiger partial charge in [-0.3, -0.25) is 0 Å². The van der Waals surface area contributed by atoms with Crippen LogP contribution in [0.15, 0.2) is 36.4 Å². The van der Waals surface area contributed by atoms with Crippen molar-refractivity contribution in [3.8, 4) is 17.2 Å². The van der Waals surface area contributed by atoms with Gasteiger partial charge in [0.1, 0.15) is 5.75 Å². The lowest BCUT2D eigenvalue weighted by atomic mass is 9.79. The highest BCUT2D eigenvalue weighted by molar-refractivity contribution is 5.52. The highest BCUT2D eigenvalue weighted by atomic mass is 16.7. The first-order valence-corrected chi connectivity index (χ1v) is 7.60. The van der Waals surface area contributed by atoms with Crippen LogP contribution in [0.25, 0.3) is 0 Å². The first kappa shape index (κ1) is 13.5. The summed E-state index contributed by atoms with van der Waals surface area (Å²) in [5, 5.41) is 13.3. The summed E-state index contributed by atoms with van der Waals surface area (Å²) in [7, 11) is 0. The molecule has 1 atom stereocenters. The van der Waals surface area contributed by atoms with Gasteiger partial charge in [-0.2, -0.15) is 0 Å². The zero-order valence-electron chi connectivity index (χ0n) is 12.6. The molecule has 4 rings (SSSR count). The molecule has 2 aliphatic heterocycles. The predicted octanol–water partition coefficient (Wildman–Crippen LogP) is 2.72. The summed E-state index contributed by atoms with van der Waals surface area (Å²) in [6.07, 6.45) is 1.80. The van der Waals surface area contributed by atoms with E-state index in [1.165, 1.54) is 11.1 Å². The molecule has 0 saturated carbocycles. The molecule has 2 aromatic rings. The van der Waals surface area contributed by atoms with Gasteiger partial charge in [-0.25, -0.2) is 0 Å². The Labute approximate surface area is 129 Å². The molecule has 2 heterocycles. The van der Waals surface area contributed by atoms with Gasteiger partial charge in [-0.05, 0) is 60.7 Å². The van der Waals surface area contributed by atoms with Gasteiger partial charge >= 0.3 is 0 Å². The zero-order chi connectivity index (χ0) is 15.2. The number of fused-ring (bicyclic) bond motifs is 2. The number of ether oxygens (including phenoxy) is 2. The van der Waals surface area contributed by atoms with Gasteiger partial charge in [0.2, 0.25) is 6.79 Å². The lowest BCUT2D eigenvalue weighted by Crippen LogP contribution is -2.46. The Morgan fingerprint density at radius 3 is 2.82 bits per heavy atom. The topological polar surface area (TPSA) is 50.7 Å². The fourth-order valence-electron chi connectivity index (χ4n) is 3.51. The van der Waals surface area contributed by atoms with Crippen molar-refractivity contribution in [3.05, 3.63) is 53.1 Å². The molecule has 0 aliphatic carbocycles. The van der Waals surface area contributed by atoms with Crippen LogP contribution in [-0.2, 0) is 18.4 Å². The van der Waals surface area contributed by atoms with Crippen LogP contribution in [0.4, 0.5) is 0 Å². The van der Waals surface area contributed by atoms with Crippen molar-refractivity contribution in [3.63, 3.8) is 0 Å². The quantitative estimate of drug-likeness (QED) is 0.895. The number of phenols is 1. The minimum atomic E-state index is -0.178. The van der Waals surface area contributed by atoms with E-state index in [1.807, 2.05) is 18.2 Å². The molecule has 4 heteroatoms. The molecule has 22 heavy (non-hydrogen) atoms. The fourth-order valence-corrected chi connectivity index (χ4v) is 3.51. The third kappa shape index (κ3) is 2.20. The Bertz CT molecular complexity index is 728. The third-order valence-corrected chi connectivity index (χ3v) is 4.57. The van der Waals surface area contributed by atoms with Gasteiger partial charge < -0.3 is 19.9 Å². The SMILES string of the molecule is C[C@@]1(Cc2cccc(O)c2)NCCc2cc3c(cc21)OCO3. The number of nitrogens with one attached hydrogen (secondary N) is 1. The lowest BCUT2D eigenvalue weighted by molar-refractivity contribution is 0.174. The predicted molar refractivity (Wildman–Crippen MR) is 83.4 cm³/mol. The highest BCUT2D eigenvalue weighted by Gasteiger charge is 2.34. The Kier molecular flexibility index (Phi) is 3.01. The van der Waals surface area contributed by atoms with Crippen molar-refractivity contribution < 1.29 is 14.6 Å². The van der Waals surface area contributed by atoms with E-state index in [9.17, 15) is 5.11 Å². The number of benzene rings is 2. The van der Waals surface area contributed by atoms with Crippen molar-refractivity contribution in [1.29, 1.82) is 0 Å². The molecule has 0 amide bonds. The molecule has 2 N–H and O–H groups in total. The van der Waals surface area contributed by atoms with Gasteiger partial charge in [0.25, 0.3) is 0 Å². The second-order valence-electron chi connectivity index (χ2n) is 6.22. The van der Waals surface area contributed by atoms with Crippen molar-refractivity contribution >= 4 is 0 Å². The van der Waals surface area contributed by atoms with Crippen molar-refractivity contribution in [2.75, 3.05) is 13.3 Å². The van der Waals surface area contributed by atoms with Crippen LogP contribution in [0, 0.1) is 0 Å². The van der Waals surface area contributed by atoms with Crippen LogP contribution >= 0.6 is 0 Å². The van der Waals surface area contributed by atoms with Gasteiger partial charge in [0, 0.05) is 12.1 Å². The van der Waals surface area contributed by atoms with Crippen LogP contribution in [0.2, 0.25) is 0 Å². The summed E-state index contributed by atoms with van der Waals surface area (Å²) in [5.41, 5.74) is 3.50. The van der Waals surface area contributed by atoms with E-state index in [0.717, 1.165) is 36.4 Å². The number of hydrogen-bond donors (Lipinski definition) is 2. The van der Waals surface area contributed by atoms with Crippen molar-refractivity contribution in [2.24, 2.45) is 0 Å². The number of phenolic OH excluding ortho intramolecular Hbond substituents is 1. The third-order valence-electron chi connectivity index (χ3n) is 4.57. The summed E-state index contributed by atoms with van der Waals surface area (Å²) in [6, 6.07) is 11.7. The maximum atomic E-state index is 9.69. The van der Waals surface area contributed by atoms with Crippen molar-refractivity contribution in [1.82, 2.24) is 5.32 Å². The minimum absolute atomic E-state index is 0.178.